The molecule has 0 spiro atoms. The molecule has 184 valence electrons. The molecule has 0 atom stereocenters. The highest BCUT2D eigenvalue weighted by Crippen LogP contribution is 2.41. The smallest absolute Gasteiger partial charge is 0.415 e. The lowest BCUT2D eigenvalue weighted by atomic mass is 10.00. The van der Waals surface area contributed by atoms with Crippen LogP contribution in [-0.4, -0.2) is 42.9 Å². The Morgan fingerprint density at radius 3 is 2.25 bits per heavy atom. The second kappa shape index (κ2) is 10.9. The van der Waals surface area contributed by atoms with Crippen molar-refractivity contribution in [3.05, 3.63) is 78.0 Å². The quantitative estimate of drug-likeness (QED) is 0.303. The first kappa shape index (κ1) is 24.7. The third kappa shape index (κ3) is 4.84. The minimum atomic E-state index is -0.391. The van der Waals surface area contributed by atoms with Gasteiger partial charge in [-0.25, -0.2) is 4.79 Å². The molecule has 7 heteroatoms. The number of aromatic nitrogens is 1. The summed E-state index contributed by atoms with van der Waals surface area (Å²) >= 11 is 0. The summed E-state index contributed by atoms with van der Waals surface area (Å²) in [6.45, 7) is 5.60. The van der Waals surface area contributed by atoms with E-state index in [0.29, 0.717) is 42.4 Å². The number of benzene rings is 3. The number of methoxy groups -OCH3 is 2. The predicted molar refractivity (Wildman–Crippen MR) is 140 cm³/mol. The Morgan fingerprint density at radius 2 is 1.61 bits per heavy atom. The second-order valence-corrected chi connectivity index (χ2v) is 8.23. The van der Waals surface area contributed by atoms with Crippen LogP contribution in [-0.2, 0) is 6.54 Å². The Morgan fingerprint density at radius 1 is 0.917 bits per heavy atom. The number of hydrogen-bond donors (Lipinski definition) is 0. The Hall–Kier alpha value is -4.44. The molecule has 36 heavy (non-hydrogen) atoms. The molecule has 0 aliphatic carbocycles. The van der Waals surface area contributed by atoms with E-state index in [1.54, 1.807) is 19.1 Å². The van der Waals surface area contributed by atoms with Crippen molar-refractivity contribution >= 4 is 17.0 Å². The molecule has 0 fully saturated rings. The fourth-order valence-electron chi connectivity index (χ4n) is 4.29. The number of amides is 1. The highest BCUT2D eigenvalue weighted by molar-refractivity contribution is 6.00. The van der Waals surface area contributed by atoms with Crippen LogP contribution in [0.15, 0.2) is 66.9 Å². The molecule has 0 aliphatic rings. The maximum Gasteiger partial charge on any atom is 0.415 e. The zero-order valence-corrected chi connectivity index (χ0v) is 20.9. The molecule has 0 bridgehead atoms. The van der Waals surface area contributed by atoms with E-state index in [-0.39, 0.29) is 0 Å². The number of carbonyl (C=O) groups excluding carboxylic acids is 1. The van der Waals surface area contributed by atoms with Gasteiger partial charge in [0.2, 0.25) is 0 Å². The van der Waals surface area contributed by atoms with E-state index in [4.69, 9.17) is 19.5 Å². The molecule has 1 aromatic heterocycles. The maximum atomic E-state index is 12.8. The van der Waals surface area contributed by atoms with Crippen molar-refractivity contribution in [2.45, 2.75) is 20.4 Å². The summed E-state index contributed by atoms with van der Waals surface area (Å²) in [5.74, 6) is 1.68. The molecule has 0 saturated heterocycles. The van der Waals surface area contributed by atoms with Gasteiger partial charge in [-0.2, -0.15) is 5.26 Å². The minimum Gasteiger partial charge on any atom is -0.493 e. The van der Waals surface area contributed by atoms with Crippen LogP contribution < -0.4 is 14.2 Å². The summed E-state index contributed by atoms with van der Waals surface area (Å²) < 4.78 is 19.0. The van der Waals surface area contributed by atoms with Crippen LogP contribution in [0.25, 0.3) is 22.0 Å². The third-order valence-corrected chi connectivity index (χ3v) is 6.24. The highest BCUT2D eigenvalue weighted by atomic mass is 16.6. The molecule has 3 aromatic carbocycles. The average molecular weight is 484 g/mol. The first-order chi connectivity index (χ1) is 17.5. The standard InChI is InChI=1S/C29H29N3O4/c1-5-31(6-2)29(33)36-26-14-12-24-23(28(26)22-11-13-25(34-3)27(17-22)35-4)15-16-32(24)19-21-9-7-20(18-30)8-10-21/h7-17H,5-6,19H2,1-4H3. The number of carbonyl (C=O) groups is 1. The van der Waals surface area contributed by atoms with Gasteiger partial charge >= 0.3 is 6.09 Å². The summed E-state index contributed by atoms with van der Waals surface area (Å²) in [6, 6.07) is 21.2. The van der Waals surface area contributed by atoms with Crippen LogP contribution in [0.3, 0.4) is 0 Å². The molecule has 4 aromatic rings. The first-order valence-corrected chi connectivity index (χ1v) is 11.8. The van der Waals surface area contributed by atoms with Crippen LogP contribution in [0.4, 0.5) is 4.79 Å². The topological polar surface area (TPSA) is 76.7 Å². The van der Waals surface area contributed by atoms with Gasteiger partial charge in [-0.05, 0) is 67.4 Å². The highest BCUT2D eigenvalue weighted by Gasteiger charge is 2.20. The van der Waals surface area contributed by atoms with E-state index in [1.807, 2.05) is 80.7 Å². The van der Waals surface area contributed by atoms with Crippen molar-refractivity contribution in [2.24, 2.45) is 0 Å². The number of fused-ring (bicyclic) bond motifs is 1. The van der Waals surface area contributed by atoms with Crippen molar-refractivity contribution in [2.75, 3.05) is 27.3 Å². The van der Waals surface area contributed by atoms with Crippen LogP contribution in [0.1, 0.15) is 25.0 Å². The second-order valence-electron chi connectivity index (χ2n) is 8.23. The normalized spacial score (nSPS) is 10.6. The molecular formula is C29H29N3O4. The van der Waals surface area contributed by atoms with Gasteiger partial charge in [0.15, 0.2) is 11.5 Å². The van der Waals surface area contributed by atoms with Gasteiger partial charge in [0.1, 0.15) is 5.75 Å². The molecule has 0 saturated carbocycles. The average Bonchev–Trinajstić information content (AvgIpc) is 3.31. The van der Waals surface area contributed by atoms with Gasteiger partial charge in [-0.15, -0.1) is 0 Å². The van der Waals surface area contributed by atoms with Crippen molar-refractivity contribution < 1.29 is 19.0 Å². The Labute approximate surface area is 211 Å². The van der Waals surface area contributed by atoms with Crippen molar-refractivity contribution in [3.8, 4) is 34.4 Å². The zero-order chi connectivity index (χ0) is 25.7. The minimum absolute atomic E-state index is 0.391. The number of ether oxygens (including phenoxy) is 3. The molecule has 0 N–H and O–H groups in total. The first-order valence-electron chi connectivity index (χ1n) is 11.8. The van der Waals surface area contributed by atoms with Crippen LogP contribution in [0, 0.1) is 11.3 Å². The van der Waals surface area contributed by atoms with Gasteiger partial charge < -0.3 is 23.7 Å². The van der Waals surface area contributed by atoms with Crippen molar-refractivity contribution in [3.63, 3.8) is 0 Å². The van der Waals surface area contributed by atoms with Gasteiger partial charge in [-0.1, -0.05) is 18.2 Å². The molecule has 0 radical (unpaired) electrons. The van der Waals surface area contributed by atoms with Gasteiger partial charge in [0, 0.05) is 42.3 Å². The molecule has 1 heterocycles. The van der Waals surface area contributed by atoms with E-state index in [9.17, 15) is 4.79 Å². The van der Waals surface area contributed by atoms with Crippen molar-refractivity contribution in [1.29, 1.82) is 5.26 Å². The Balaban J connectivity index is 1.83. The molecular weight excluding hydrogens is 454 g/mol. The van der Waals surface area contributed by atoms with Crippen LogP contribution in [0.5, 0.6) is 17.2 Å². The number of nitrogens with zero attached hydrogens (tertiary/aromatic N) is 3. The monoisotopic (exact) mass is 483 g/mol. The van der Waals surface area contributed by atoms with Gasteiger partial charge in [0.25, 0.3) is 0 Å². The third-order valence-electron chi connectivity index (χ3n) is 6.24. The number of nitriles is 1. The summed E-state index contributed by atoms with van der Waals surface area (Å²) in [6.07, 6.45) is 1.63. The lowest BCUT2D eigenvalue weighted by Crippen LogP contribution is -2.33. The fourth-order valence-corrected chi connectivity index (χ4v) is 4.29. The SMILES string of the molecule is CCN(CC)C(=O)Oc1ccc2c(ccn2Cc2ccc(C#N)cc2)c1-c1ccc(OC)c(OC)c1. The molecule has 4 rings (SSSR count). The molecule has 7 nitrogen and oxygen atoms in total. The summed E-state index contributed by atoms with van der Waals surface area (Å²) in [4.78, 5) is 14.5. The van der Waals surface area contributed by atoms with Gasteiger partial charge in [-0.3, -0.25) is 0 Å². The van der Waals surface area contributed by atoms with E-state index in [1.165, 1.54) is 0 Å². The predicted octanol–water partition coefficient (Wildman–Crippen LogP) is 6.09. The maximum absolute atomic E-state index is 12.8. The molecule has 1 amide bonds. The van der Waals surface area contributed by atoms with Crippen molar-refractivity contribution in [1.82, 2.24) is 9.47 Å². The van der Waals surface area contributed by atoms with E-state index in [0.717, 1.165) is 27.6 Å². The fraction of sp³-hybridized carbons (Fsp3) is 0.241. The van der Waals surface area contributed by atoms with Gasteiger partial charge in [0.05, 0.1) is 25.9 Å². The van der Waals surface area contributed by atoms with E-state index in [2.05, 4.69) is 10.6 Å². The molecule has 0 aliphatic heterocycles. The Kier molecular flexibility index (Phi) is 7.45. The lowest BCUT2D eigenvalue weighted by Gasteiger charge is -2.20. The summed E-state index contributed by atoms with van der Waals surface area (Å²) in [7, 11) is 3.19. The Bertz CT molecular complexity index is 1410. The summed E-state index contributed by atoms with van der Waals surface area (Å²) in [5, 5.41) is 10.0. The molecule has 0 unspecified atom stereocenters. The van der Waals surface area contributed by atoms with E-state index < -0.39 is 6.09 Å². The summed E-state index contributed by atoms with van der Waals surface area (Å²) in [5.41, 5.74) is 4.35. The van der Waals surface area contributed by atoms with E-state index >= 15 is 0 Å². The zero-order valence-electron chi connectivity index (χ0n) is 20.9. The van der Waals surface area contributed by atoms with Crippen LogP contribution in [0.2, 0.25) is 0 Å². The number of rotatable bonds is 8. The number of hydrogen-bond acceptors (Lipinski definition) is 5. The largest absolute Gasteiger partial charge is 0.493 e. The van der Waals surface area contributed by atoms with Crippen LogP contribution >= 0.6 is 0 Å². The lowest BCUT2D eigenvalue weighted by molar-refractivity contribution is 0.157.